The van der Waals surface area contributed by atoms with Crippen molar-refractivity contribution in [1.82, 2.24) is 10.6 Å². The molecule has 0 aromatic heterocycles. The van der Waals surface area contributed by atoms with E-state index in [1.807, 2.05) is 0 Å². The van der Waals surface area contributed by atoms with Crippen LogP contribution in [-0.2, 0) is 4.74 Å². The second kappa shape index (κ2) is 4.58. The van der Waals surface area contributed by atoms with Gasteiger partial charge in [0.1, 0.15) is 5.72 Å². The quantitative estimate of drug-likeness (QED) is 0.760. The maximum atomic E-state index is 5.88. The lowest BCUT2D eigenvalue weighted by Gasteiger charge is -2.29. The normalized spacial score (nSPS) is 39.0. The number of rotatable bonds is 2. The standard InChI is InChI=1S/C11H22N2O.ClH/c1-10(2)8-14-11(3,13-10)6-9-4-5-12-7-9;/h9,12-13H,4-8H2,1-3H3;1H. The van der Waals surface area contributed by atoms with Crippen LogP contribution in [0.4, 0.5) is 0 Å². The van der Waals surface area contributed by atoms with Gasteiger partial charge in [-0.15, -0.1) is 12.4 Å². The Balaban J connectivity index is 0.00000112. The minimum atomic E-state index is -0.0970. The van der Waals surface area contributed by atoms with Gasteiger partial charge in [0.25, 0.3) is 0 Å². The topological polar surface area (TPSA) is 33.3 Å². The Bertz CT molecular complexity index is 217. The molecule has 0 radical (unpaired) electrons. The molecule has 2 heterocycles. The van der Waals surface area contributed by atoms with E-state index in [1.165, 1.54) is 13.0 Å². The van der Waals surface area contributed by atoms with E-state index in [9.17, 15) is 0 Å². The maximum Gasteiger partial charge on any atom is 0.117 e. The Morgan fingerprint density at radius 1 is 1.33 bits per heavy atom. The Labute approximate surface area is 98.7 Å². The molecule has 2 saturated heterocycles. The van der Waals surface area contributed by atoms with Gasteiger partial charge in [-0.05, 0) is 52.6 Å². The molecule has 90 valence electrons. The molecule has 2 N–H and O–H groups in total. The molecule has 0 bridgehead atoms. The van der Waals surface area contributed by atoms with Crippen molar-refractivity contribution in [3.8, 4) is 0 Å². The van der Waals surface area contributed by atoms with Crippen molar-refractivity contribution in [3.63, 3.8) is 0 Å². The molecule has 3 nitrogen and oxygen atoms in total. The Morgan fingerprint density at radius 3 is 2.53 bits per heavy atom. The van der Waals surface area contributed by atoms with E-state index in [1.54, 1.807) is 0 Å². The van der Waals surface area contributed by atoms with Crippen LogP contribution < -0.4 is 10.6 Å². The van der Waals surface area contributed by atoms with Crippen molar-refractivity contribution in [3.05, 3.63) is 0 Å². The highest BCUT2D eigenvalue weighted by molar-refractivity contribution is 5.85. The first-order valence-electron chi connectivity index (χ1n) is 5.63. The third-order valence-corrected chi connectivity index (χ3v) is 3.19. The van der Waals surface area contributed by atoms with E-state index in [2.05, 4.69) is 31.4 Å². The molecule has 2 atom stereocenters. The molecule has 2 fully saturated rings. The predicted octanol–water partition coefficient (Wildman–Crippen LogP) is 1.52. The molecule has 2 aliphatic heterocycles. The molecule has 2 aliphatic rings. The molecule has 2 unspecified atom stereocenters. The highest BCUT2D eigenvalue weighted by atomic mass is 35.5. The fourth-order valence-corrected chi connectivity index (χ4v) is 2.68. The summed E-state index contributed by atoms with van der Waals surface area (Å²) in [7, 11) is 0. The second-order valence-electron chi connectivity index (χ2n) is 5.59. The number of hydrogen-bond donors (Lipinski definition) is 2. The number of nitrogens with one attached hydrogen (secondary N) is 2. The van der Waals surface area contributed by atoms with Crippen LogP contribution in [0.1, 0.15) is 33.6 Å². The van der Waals surface area contributed by atoms with Crippen LogP contribution in [0.5, 0.6) is 0 Å². The van der Waals surface area contributed by atoms with Crippen molar-refractivity contribution < 1.29 is 4.74 Å². The summed E-state index contributed by atoms with van der Waals surface area (Å²) in [6.07, 6.45) is 2.42. The van der Waals surface area contributed by atoms with Crippen LogP contribution in [0, 0.1) is 5.92 Å². The zero-order valence-corrected chi connectivity index (χ0v) is 10.7. The second-order valence-corrected chi connectivity index (χ2v) is 5.59. The molecule has 4 heteroatoms. The molecule has 0 aromatic carbocycles. The predicted molar refractivity (Wildman–Crippen MR) is 64.4 cm³/mol. The molecular weight excluding hydrogens is 212 g/mol. The summed E-state index contributed by atoms with van der Waals surface area (Å²) in [4.78, 5) is 0. The van der Waals surface area contributed by atoms with E-state index in [0.717, 1.165) is 25.5 Å². The smallest absolute Gasteiger partial charge is 0.117 e. The fourth-order valence-electron chi connectivity index (χ4n) is 2.68. The van der Waals surface area contributed by atoms with Gasteiger partial charge in [-0.25, -0.2) is 0 Å². The Morgan fingerprint density at radius 2 is 2.07 bits per heavy atom. The van der Waals surface area contributed by atoms with Gasteiger partial charge < -0.3 is 10.1 Å². The molecule has 0 aliphatic carbocycles. The monoisotopic (exact) mass is 234 g/mol. The van der Waals surface area contributed by atoms with Crippen molar-refractivity contribution in [1.29, 1.82) is 0 Å². The molecule has 0 aromatic rings. The molecule has 2 rings (SSSR count). The summed E-state index contributed by atoms with van der Waals surface area (Å²) < 4.78 is 5.88. The van der Waals surface area contributed by atoms with Crippen LogP contribution in [0.25, 0.3) is 0 Å². The number of hydrogen-bond acceptors (Lipinski definition) is 3. The molecular formula is C11H23ClN2O. The molecule has 15 heavy (non-hydrogen) atoms. The Kier molecular flexibility index (Phi) is 4.04. The summed E-state index contributed by atoms with van der Waals surface area (Å²) in [6.45, 7) is 9.73. The lowest BCUT2D eigenvalue weighted by Crippen LogP contribution is -2.47. The summed E-state index contributed by atoms with van der Waals surface area (Å²) in [5, 5.41) is 6.98. The summed E-state index contributed by atoms with van der Waals surface area (Å²) >= 11 is 0. The van der Waals surface area contributed by atoms with Crippen LogP contribution in [0.2, 0.25) is 0 Å². The first-order chi connectivity index (χ1) is 6.49. The summed E-state index contributed by atoms with van der Waals surface area (Å²) in [5.41, 5.74) is 0.0426. The van der Waals surface area contributed by atoms with Crippen LogP contribution in [-0.4, -0.2) is 31.0 Å². The van der Waals surface area contributed by atoms with Gasteiger partial charge in [0.05, 0.1) is 6.61 Å². The van der Waals surface area contributed by atoms with Gasteiger partial charge in [0, 0.05) is 5.54 Å². The highest BCUT2D eigenvalue weighted by Crippen LogP contribution is 2.30. The SMILES string of the molecule is CC1(C)COC(C)(CC2CCNC2)N1.Cl. The van der Waals surface area contributed by atoms with Crippen molar-refractivity contribution in [2.24, 2.45) is 5.92 Å². The minimum absolute atomic E-state index is 0. The summed E-state index contributed by atoms with van der Waals surface area (Å²) in [6, 6.07) is 0. The number of halogens is 1. The van der Waals surface area contributed by atoms with Crippen molar-refractivity contribution >= 4 is 12.4 Å². The zero-order valence-electron chi connectivity index (χ0n) is 9.93. The lowest BCUT2D eigenvalue weighted by atomic mass is 9.96. The maximum absolute atomic E-state index is 5.88. The van der Waals surface area contributed by atoms with E-state index in [4.69, 9.17) is 4.74 Å². The zero-order chi connectivity index (χ0) is 10.2. The van der Waals surface area contributed by atoms with Gasteiger partial charge in [-0.3, -0.25) is 5.32 Å². The van der Waals surface area contributed by atoms with Gasteiger partial charge in [0.2, 0.25) is 0 Å². The largest absolute Gasteiger partial charge is 0.359 e. The Hall–Kier alpha value is 0.170. The summed E-state index contributed by atoms with van der Waals surface area (Å²) in [5.74, 6) is 0.779. The third-order valence-electron chi connectivity index (χ3n) is 3.19. The average molecular weight is 235 g/mol. The molecule has 0 saturated carbocycles. The number of ether oxygens (including phenoxy) is 1. The highest BCUT2D eigenvalue weighted by Gasteiger charge is 2.41. The lowest BCUT2D eigenvalue weighted by molar-refractivity contribution is -0.0117. The van der Waals surface area contributed by atoms with Crippen LogP contribution >= 0.6 is 12.4 Å². The first kappa shape index (κ1) is 13.2. The van der Waals surface area contributed by atoms with E-state index < -0.39 is 0 Å². The van der Waals surface area contributed by atoms with E-state index >= 15 is 0 Å². The first-order valence-corrected chi connectivity index (χ1v) is 5.63. The average Bonchev–Trinajstić information content (AvgIpc) is 2.60. The van der Waals surface area contributed by atoms with E-state index in [0.29, 0.717) is 0 Å². The van der Waals surface area contributed by atoms with Crippen molar-refractivity contribution in [2.75, 3.05) is 19.7 Å². The molecule has 0 amide bonds. The third kappa shape index (κ3) is 3.31. The van der Waals surface area contributed by atoms with Gasteiger partial charge in [-0.2, -0.15) is 0 Å². The molecule has 0 spiro atoms. The minimum Gasteiger partial charge on any atom is -0.359 e. The van der Waals surface area contributed by atoms with Gasteiger partial charge >= 0.3 is 0 Å². The fraction of sp³-hybridized carbons (Fsp3) is 1.00. The van der Waals surface area contributed by atoms with Crippen LogP contribution in [0.15, 0.2) is 0 Å². The van der Waals surface area contributed by atoms with Gasteiger partial charge in [0.15, 0.2) is 0 Å². The van der Waals surface area contributed by atoms with Crippen molar-refractivity contribution in [2.45, 2.75) is 44.9 Å². The van der Waals surface area contributed by atoms with Crippen LogP contribution in [0.3, 0.4) is 0 Å². The van der Waals surface area contributed by atoms with E-state index in [-0.39, 0.29) is 23.7 Å². The van der Waals surface area contributed by atoms with Gasteiger partial charge in [-0.1, -0.05) is 0 Å².